The van der Waals surface area contributed by atoms with E-state index in [2.05, 4.69) is 16.7 Å². The van der Waals surface area contributed by atoms with Gasteiger partial charge in [0.15, 0.2) is 5.88 Å². The lowest BCUT2D eigenvalue weighted by atomic mass is 9.99. The number of aryl methyl sites for hydroxylation is 1. The number of dihydropyridines is 1. The van der Waals surface area contributed by atoms with Gasteiger partial charge in [0.1, 0.15) is 0 Å². The minimum Gasteiger partial charge on any atom is -0.494 e. The third-order valence-corrected chi connectivity index (χ3v) is 3.40. The highest BCUT2D eigenvalue weighted by Gasteiger charge is 2.11. The Morgan fingerprint density at radius 2 is 2.32 bits per heavy atom. The summed E-state index contributed by atoms with van der Waals surface area (Å²) in [7, 11) is 0. The van der Waals surface area contributed by atoms with Gasteiger partial charge in [0.2, 0.25) is 0 Å². The van der Waals surface area contributed by atoms with E-state index in [0.29, 0.717) is 17.7 Å². The Morgan fingerprint density at radius 1 is 1.50 bits per heavy atom. The number of rotatable bonds is 5. The van der Waals surface area contributed by atoms with Crippen LogP contribution in [0.25, 0.3) is 5.57 Å². The van der Waals surface area contributed by atoms with Gasteiger partial charge in [-0.15, -0.1) is 0 Å². The molecule has 5 nitrogen and oxygen atoms in total. The van der Waals surface area contributed by atoms with Crippen LogP contribution in [0.2, 0.25) is 0 Å². The topological polar surface area (TPSA) is 91.9 Å². The molecule has 0 saturated heterocycles. The van der Waals surface area contributed by atoms with Crippen LogP contribution in [-0.4, -0.2) is 23.9 Å². The van der Waals surface area contributed by atoms with Crippen molar-refractivity contribution in [1.29, 1.82) is 10.7 Å². The molecule has 0 radical (unpaired) electrons. The van der Waals surface area contributed by atoms with E-state index in [-0.39, 0.29) is 11.9 Å². The van der Waals surface area contributed by atoms with Crippen LogP contribution >= 0.6 is 0 Å². The van der Waals surface area contributed by atoms with Crippen molar-refractivity contribution in [3.63, 3.8) is 0 Å². The molecule has 1 aliphatic heterocycles. The Kier molecular flexibility index (Phi) is 4.99. The SMILES string of the molecule is Cc1cc(C#N)ccc1/C(C=N)=C(\O)NCC1C=CC=CN1. The average Bonchev–Trinajstić information content (AvgIpc) is 2.56. The summed E-state index contributed by atoms with van der Waals surface area (Å²) in [5, 5.41) is 32.8. The molecule has 0 bridgehead atoms. The summed E-state index contributed by atoms with van der Waals surface area (Å²) < 4.78 is 0. The monoisotopic (exact) mass is 294 g/mol. The first-order valence-corrected chi connectivity index (χ1v) is 6.94. The van der Waals surface area contributed by atoms with E-state index in [4.69, 9.17) is 10.7 Å². The van der Waals surface area contributed by atoms with Gasteiger partial charge in [-0.3, -0.25) is 0 Å². The van der Waals surface area contributed by atoms with E-state index in [1.54, 1.807) is 18.2 Å². The Hall–Kier alpha value is -3.00. The van der Waals surface area contributed by atoms with Gasteiger partial charge in [0, 0.05) is 12.8 Å². The van der Waals surface area contributed by atoms with Crippen molar-refractivity contribution in [2.24, 2.45) is 0 Å². The number of aliphatic hydroxyl groups is 1. The van der Waals surface area contributed by atoms with E-state index in [1.807, 2.05) is 31.4 Å². The molecule has 1 atom stereocenters. The Labute approximate surface area is 129 Å². The van der Waals surface area contributed by atoms with Gasteiger partial charge in [0.25, 0.3) is 0 Å². The average molecular weight is 294 g/mol. The lowest BCUT2D eigenvalue weighted by Crippen LogP contribution is -2.35. The van der Waals surface area contributed by atoms with Gasteiger partial charge in [-0.1, -0.05) is 18.2 Å². The van der Waals surface area contributed by atoms with Crippen LogP contribution < -0.4 is 10.6 Å². The van der Waals surface area contributed by atoms with Crippen molar-refractivity contribution in [3.05, 3.63) is 65.2 Å². The van der Waals surface area contributed by atoms with Crippen molar-refractivity contribution >= 4 is 11.8 Å². The summed E-state index contributed by atoms with van der Waals surface area (Å²) in [6.07, 6.45) is 8.77. The fourth-order valence-corrected chi connectivity index (χ4v) is 2.23. The standard InChI is InChI=1S/C17H18N4O/c1-12-8-13(9-18)5-6-15(12)16(10-19)17(22)21-11-14-4-2-3-7-20-14/h2-8,10,14,19-22H,11H2,1H3/b17-16-,19-10?. The van der Waals surface area contributed by atoms with Crippen molar-refractivity contribution in [2.45, 2.75) is 13.0 Å². The number of nitrogens with zero attached hydrogens (tertiary/aromatic N) is 1. The van der Waals surface area contributed by atoms with E-state index < -0.39 is 0 Å². The number of nitriles is 1. The maximum atomic E-state index is 10.2. The molecule has 4 N–H and O–H groups in total. The first-order chi connectivity index (χ1) is 10.7. The molecule has 0 spiro atoms. The third-order valence-electron chi connectivity index (χ3n) is 3.40. The molecule has 0 saturated carbocycles. The van der Waals surface area contributed by atoms with E-state index in [1.165, 1.54) is 0 Å². The fourth-order valence-electron chi connectivity index (χ4n) is 2.23. The van der Waals surface area contributed by atoms with Crippen LogP contribution in [0.4, 0.5) is 0 Å². The number of hydrogen-bond acceptors (Lipinski definition) is 5. The molecule has 1 aliphatic rings. The first kappa shape index (κ1) is 15.4. The maximum absolute atomic E-state index is 10.2. The summed E-state index contributed by atoms with van der Waals surface area (Å²) in [6.45, 7) is 2.35. The summed E-state index contributed by atoms with van der Waals surface area (Å²) in [5.41, 5.74) is 2.52. The van der Waals surface area contributed by atoms with E-state index >= 15 is 0 Å². The highest BCUT2D eigenvalue weighted by atomic mass is 16.3. The highest BCUT2D eigenvalue weighted by molar-refractivity contribution is 6.09. The third kappa shape index (κ3) is 3.55. The molecule has 0 aromatic heterocycles. The van der Waals surface area contributed by atoms with Gasteiger partial charge < -0.3 is 21.1 Å². The minimum atomic E-state index is -0.0486. The minimum absolute atomic E-state index is 0.0486. The maximum Gasteiger partial charge on any atom is 0.193 e. The zero-order valence-corrected chi connectivity index (χ0v) is 12.3. The smallest absolute Gasteiger partial charge is 0.193 e. The molecule has 1 unspecified atom stereocenters. The molecule has 0 aliphatic carbocycles. The summed E-state index contributed by atoms with van der Waals surface area (Å²) in [5.74, 6) is -0.0486. The molecule has 22 heavy (non-hydrogen) atoms. The van der Waals surface area contributed by atoms with Crippen molar-refractivity contribution in [3.8, 4) is 6.07 Å². The van der Waals surface area contributed by atoms with Crippen LogP contribution in [0.15, 0.2) is 48.5 Å². The lowest BCUT2D eigenvalue weighted by molar-refractivity contribution is 0.363. The van der Waals surface area contributed by atoms with Crippen molar-refractivity contribution < 1.29 is 5.11 Å². The molecule has 2 rings (SSSR count). The predicted molar refractivity (Wildman–Crippen MR) is 87.4 cm³/mol. The van der Waals surface area contributed by atoms with Crippen LogP contribution in [0.1, 0.15) is 16.7 Å². The number of aliphatic hydroxyl groups excluding tert-OH is 1. The summed E-state index contributed by atoms with van der Waals surface area (Å²) in [4.78, 5) is 0. The molecule has 1 aromatic carbocycles. The van der Waals surface area contributed by atoms with Gasteiger partial charge >= 0.3 is 0 Å². The van der Waals surface area contributed by atoms with Crippen LogP contribution in [0.5, 0.6) is 0 Å². The molecular weight excluding hydrogens is 276 g/mol. The highest BCUT2D eigenvalue weighted by Crippen LogP contribution is 2.20. The summed E-state index contributed by atoms with van der Waals surface area (Å²) >= 11 is 0. The van der Waals surface area contributed by atoms with Gasteiger partial charge in [-0.25, -0.2) is 0 Å². The molecule has 1 aromatic rings. The second-order valence-electron chi connectivity index (χ2n) is 4.95. The van der Waals surface area contributed by atoms with Crippen LogP contribution in [0.3, 0.4) is 0 Å². The second kappa shape index (κ2) is 7.14. The van der Waals surface area contributed by atoms with Gasteiger partial charge in [-0.05, 0) is 42.5 Å². The number of benzene rings is 1. The predicted octanol–water partition coefficient (Wildman–Crippen LogP) is 2.37. The normalized spacial score (nSPS) is 17.2. The van der Waals surface area contributed by atoms with Crippen LogP contribution in [-0.2, 0) is 0 Å². The summed E-state index contributed by atoms with van der Waals surface area (Å²) in [6, 6.07) is 7.32. The molecule has 0 amide bonds. The van der Waals surface area contributed by atoms with Crippen LogP contribution in [0, 0.1) is 23.7 Å². The van der Waals surface area contributed by atoms with Gasteiger partial charge in [-0.2, -0.15) is 5.26 Å². The molecule has 1 heterocycles. The Balaban J connectivity index is 2.18. The Morgan fingerprint density at radius 3 is 2.91 bits per heavy atom. The number of hydrogen-bond donors (Lipinski definition) is 4. The number of nitrogens with one attached hydrogen (secondary N) is 3. The zero-order chi connectivity index (χ0) is 15.9. The molecule has 0 fully saturated rings. The molecular formula is C17H18N4O. The number of allylic oxidation sites excluding steroid dienone is 3. The second-order valence-corrected chi connectivity index (χ2v) is 4.95. The quantitative estimate of drug-likeness (QED) is 0.495. The van der Waals surface area contributed by atoms with E-state index in [0.717, 1.165) is 17.3 Å². The fraction of sp³-hybridized carbons (Fsp3) is 0.176. The lowest BCUT2D eigenvalue weighted by Gasteiger charge is -2.18. The zero-order valence-electron chi connectivity index (χ0n) is 12.3. The van der Waals surface area contributed by atoms with Crippen molar-refractivity contribution in [2.75, 3.05) is 6.54 Å². The molecule has 112 valence electrons. The van der Waals surface area contributed by atoms with Gasteiger partial charge in [0.05, 0.1) is 23.2 Å². The molecule has 5 heteroatoms. The van der Waals surface area contributed by atoms with E-state index in [9.17, 15) is 5.11 Å². The Bertz CT molecular complexity index is 695. The van der Waals surface area contributed by atoms with Crippen molar-refractivity contribution in [1.82, 2.24) is 10.6 Å². The largest absolute Gasteiger partial charge is 0.494 e. The first-order valence-electron chi connectivity index (χ1n) is 6.94.